The smallest absolute Gasteiger partial charge is 0.326 e. The molecule has 0 saturated carbocycles. The Kier molecular flexibility index (Phi) is 12.2. The van der Waals surface area contributed by atoms with E-state index in [1.54, 1.807) is 24.4 Å². The van der Waals surface area contributed by atoms with Crippen LogP contribution in [0.5, 0.6) is 5.75 Å². The lowest BCUT2D eigenvalue weighted by Crippen LogP contribution is -2.39. The van der Waals surface area contributed by atoms with E-state index in [2.05, 4.69) is 110 Å². The summed E-state index contributed by atoms with van der Waals surface area (Å²) in [6.45, 7) is 18.1. The minimum atomic E-state index is -0.375. The van der Waals surface area contributed by atoms with E-state index in [9.17, 15) is 9.59 Å². The number of pyridine rings is 2. The number of fused-ring (bicyclic) bond motifs is 1. The largest absolute Gasteiger partial charge is 0.492 e. The zero-order valence-corrected chi connectivity index (χ0v) is 29.9. The standard InChI is InChI=1S/C42H49N5O3/c1-7-9-21-47(38-27-33-18-14-20-43-40(33)45-41(38)48)42(49)44-39-36(29(3)4)25-34(26-37(39)30(5)6)32-17-13-19-35(24-32)50-23-22-46(8-2)28-31-15-11-10-12-16-31/h7,10-20,24-27,29-30H,1,8-9,21-23,28H2,2-6H3,(H,44,49)(H,43,45,48). The minimum Gasteiger partial charge on any atom is -0.492 e. The normalized spacial score (nSPS) is 11.4. The zero-order valence-electron chi connectivity index (χ0n) is 29.9. The molecule has 2 N–H and O–H groups in total. The Bertz CT molecular complexity index is 1940. The third-order valence-electron chi connectivity index (χ3n) is 8.90. The van der Waals surface area contributed by atoms with Crippen LogP contribution >= 0.6 is 0 Å². The summed E-state index contributed by atoms with van der Waals surface area (Å²) < 4.78 is 6.26. The van der Waals surface area contributed by atoms with Crippen molar-refractivity contribution in [3.63, 3.8) is 0 Å². The van der Waals surface area contributed by atoms with E-state index < -0.39 is 0 Å². The molecule has 3 aromatic carbocycles. The number of amides is 2. The molecule has 0 spiro atoms. The van der Waals surface area contributed by atoms with Crippen LogP contribution in [0.2, 0.25) is 0 Å². The van der Waals surface area contributed by atoms with Crippen molar-refractivity contribution in [2.24, 2.45) is 0 Å². The molecule has 0 aliphatic rings. The van der Waals surface area contributed by atoms with E-state index in [-0.39, 0.29) is 29.1 Å². The van der Waals surface area contributed by atoms with Crippen molar-refractivity contribution in [2.45, 2.75) is 59.4 Å². The first-order chi connectivity index (χ1) is 24.2. The minimum absolute atomic E-state index is 0.114. The summed E-state index contributed by atoms with van der Waals surface area (Å²) >= 11 is 0. The van der Waals surface area contributed by atoms with Crippen LogP contribution in [-0.2, 0) is 6.54 Å². The van der Waals surface area contributed by atoms with Crippen LogP contribution in [0, 0.1) is 0 Å². The quantitative estimate of drug-likeness (QED) is 0.108. The molecule has 0 bridgehead atoms. The number of ether oxygens (including phenoxy) is 1. The molecule has 0 radical (unpaired) electrons. The number of rotatable bonds is 15. The molecule has 5 rings (SSSR count). The fourth-order valence-electron chi connectivity index (χ4n) is 6.11. The third-order valence-corrected chi connectivity index (χ3v) is 8.90. The second-order valence-electron chi connectivity index (χ2n) is 13.2. The van der Waals surface area contributed by atoms with Crippen molar-refractivity contribution < 1.29 is 9.53 Å². The van der Waals surface area contributed by atoms with Gasteiger partial charge in [0.1, 0.15) is 23.7 Å². The summed E-state index contributed by atoms with van der Waals surface area (Å²) in [6, 6.07) is 28.1. The molecule has 0 fully saturated rings. The van der Waals surface area contributed by atoms with Crippen molar-refractivity contribution in [3.05, 3.63) is 131 Å². The molecule has 8 nitrogen and oxygen atoms in total. The molecule has 2 aromatic heterocycles. The predicted molar refractivity (Wildman–Crippen MR) is 206 cm³/mol. The Labute approximate surface area is 295 Å². The number of carbonyl (C=O) groups is 1. The number of hydrogen-bond acceptors (Lipinski definition) is 5. The van der Waals surface area contributed by atoms with Crippen molar-refractivity contribution in [2.75, 3.05) is 36.5 Å². The molecular weight excluding hydrogens is 622 g/mol. The summed E-state index contributed by atoms with van der Waals surface area (Å²) in [7, 11) is 0. The number of aromatic amines is 1. The van der Waals surface area contributed by atoms with Gasteiger partial charge in [-0.15, -0.1) is 6.58 Å². The fourth-order valence-corrected chi connectivity index (χ4v) is 6.11. The van der Waals surface area contributed by atoms with Crippen LogP contribution in [0.15, 0.2) is 109 Å². The van der Waals surface area contributed by atoms with Gasteiger partial charge in [0.15, 0.2) is 0 Å². The lowest BCUT2D eigenvalue weighted by molar-refractivity contribution is 0.210. The number of anilines is 2. The van der Waals surface area contributed by atoms with Gasteiger partial charge in [0.25, 0.3) is 5.56 Å². The summed E-state index contributed by atoms with van der Waals surface area (Å²) in [4.78, 5) is 38.3. The van der Waals surface area contributed by atoms with Crippen molar-refractivity contribution in [1.82, 2.24) is 14.9 Å². The van der Waals surface area contributed by atoms with E-state index in [0.29, 0.717) is 25.2 Å². The molecule has 50 heavy (non-hydrogen) atoms. The summed E-state index contributed by atoms with van der Waals surface area (Å²) in [5, 5.41) is 3.98. The number of likely N-dealkylation sites (N-methyl/N-ethyl adjacent to an activating group) is 1. The van der Waals surface area contributed by atoms with E-state index >= 15 is 0 Å². The SMILES string of the molecule is C=CCCN(C(=O)Nc1c(C(C)C)cc(-c2cccc(OCCN(CC)Cc3ccccc3)c2)cc1C(C)C)c1cc2cccnc2[nH]c1=O. The highest BCUT2D eigenvalue weighted by Gasteiger charge is 2.24. The van der Waals surface area contributed by atoms with Gasteiger partial charge in [-0.1, -0.05) is 83.2 Å². The van der Waals surface area contributed by atoms with Gasteiger partial charge in [-0.2, -0.15) is 0 Å². The average molecular weight is 672 g/mol. The maximum atomic E-state index is 14.1. The third kappa shape index (κ3) is 8.87. The number of carbonyl (C=O) groups excluding carboxylic acids is 1. The van der Waals surface area contributed by atoms with Gasteiger partial charge >= 0.3 is 6.03 Å². The Balaban J connectivity index is 1.40. The topological polar surface area (TPSA) is 90.6 Å². The number of H-pyrrole nitrogens is 1. The van der Waals surface area contributed by atoms with Crippen molar-refractivity contribution in [1.29, 1.82) is 0 Å². The lowest BCUT2D eigenvalue weighted by Gasteiger charge is -2.26. The first-order valence-electron chi connectivity index (χ1n) is 17.5. The molecule has 0 unspecified atom stereocenters. The predicted octanol–water partition coefficient (Wildman–Crippen LogP) is 9.35. The van der Waals surface area contributed by atoms with Gasteiger partial charge < -0.3 is 15.0 Å². The number of benzene rings is 3. The van der Waals surface area contributed by atoms with E-state index in [4.69, 9.17) is 4.74 Å². The Morgan fingerprint density at radius 2 is 1.66 bits per heavy atom. The summed E-state index contributed by atoms with van der Waals surface area (Å²) in [5.74, 6) is 1.05. The van der Waals surface area contributed by atoms with Gasteiger partial charge in [0.2, 0.25) is 0 Å². The molecule has 5 aromatic rings. The Morgan fingerprint density at radius 3 is 2.34 bits per heavy atom. The van der Waals surface area contributed by atoms with Gasteiger partial charge in [-0.05, 0) is 95.1 Å². The number of nitrogens with zero attached hydrogens (tertiary/aromatic N) is 3. The van der Waals surface area contributed by atoms with Crippen molar-refractivity contribution >= 4 is 28.4 Å². The first kappa shape index (κ1) is 36.1. The molecule has 260 valence electrons. The van der Waals surface area contributed by atoms with Crippen molar-refractivity contribution in [3.8, 4) is 16.9 Å². The number of aromatic nitrogens is 2. The highest BCUT2D eigenvalue weighted by Crippen LogP contribution is 2.38. The zero-order chi connectivity index (χ0) is 35.6. The second kappa shape index (κ2) is 16.9. The first-order valence-corrected chi connectivity index (χ1v) is 17.5. The van der Waals surface area contributed by atoms with E-state index in [0.717, 1.165) is 58.7 Å². The lowest BCUT2D eigenvalue weighted by atomic mass is 9.88. The highest BCUT2D eigenvalue weighted by molar-refractivity contribution is 6.03. The maximum Gasteiger partial charge on any atom is 0.326 e. The van der Waals surface area contributed by atoms with Crippen LogP contribution in [0.3, 0.4) is 0 Å². The second-order valence-corrected chi connectivity index (χ2v) is 13.2. The average Bonchev–Trinajstić information content (AvgIpc) is 3.11. The number of nitrogens with one attached hydrogen (secondary N) is 2. The summed E-state index contributed by atoms with van der Waals surface area (Å²) in [5.41, 5.74) is 6.57. The van der Waals surface area contributed by atoms with Gasteiger partial charge in [0.05, 0.1) is 0 Å². The van der Waals surface area contributed by atoms with Crippen LogP contribution in [0.1, 0.15) is 69.6 Å². The van der Waals surface area contributed by atoms with Gasteiger partial charge in [0, 0.05) is 36.9 Å². The Hall–Kier alpha value is -5.21. The van der Waals surface area contributed by atoms with E-state index in [1.165, 1.54) is 10.5 Å². The highest BCUT2D eigenvalue weighted by atomic mass is 16.5. The Morgan fingerprint density at radius 1 is 0.920 bits per heavy atom. The monoisotopic (exact) mass is 671 g/mol. The molecule has 0 saturated heterocycles. The maximum absolute atomic E-state index is 14.1. The fraction of sp³-hybridized carbons (Fsp3) is 0.310. The van der Waals surface area contributed by atoms with E-state index in [1.807, 2.05) is 24.3 Å². The molecule has 0 atom stereocenters. The van der Waals surface area contributed by atoms with Crippen LogP contribution < -0.4 is 20.5 Å². The van der Waals surface area contributed by atoms with Crippen LogP contribution in [0.4, 0.5) is 16.2 Å². The van der Waals surface area contributed by atoms with Gasteiger partial charge in [-0.25, -0.2) is 9.78 Å². The van der Waals surface area contributed by atoms with Gasteiger partial charge in [-0.3, -0.25) is 14.6 Å². The molecule has 8 heteroatoms. The summed E-state index contributed by atoms with van der Waals surface area (Å²) in [6.07, 6.45) is 3.89. The van der Waals surface area contributed by atoms with Crippen LogP contribution in [0.25, 0.3) is 22.2 Å². The molecule has 2 heterocycles. The number of hydrogen-bond donors (Lipinski definition) is 2. The molecule has 0 aliphatic carbocycles. The number of urea groups is 1. The molecular formula is C42H49N5O3. The molecule has 0 aliphatic heterocycles. The van der Waals surface area contributed by atoms with Crippen LogP contribution in [-0.4, -0.2) is 47.1 Å². The molecule has 2 amide bonds.